The van der Waals surface area contributed by atoms with Gasteiger partial charge in [0.05, 0.1) is 12.7 Å². The molecule has 0 radical (unpaired) electrons. The minimum Gasteiger partial charge on any atom is -0.373 e. The Labute approximate surface area is 219 Å². The number of epoxide rings is 1. The molecule has 192 valence electrons. The van der Waals surface area contributed by atoms with Gasteiger partial charge in [0.1, 0.15) is 6.29 Å². The van der Waals surface area contributed by atoms with E-state index >= 15 is 0 Å². The lowest BCUT2D eigenvalue weighted by atomic mass is 9.99. The normalized spacial score (nSPS) is 15.6. The van der Waals surface area contributed by atoms with Crippen molar-refractivity contribution in [2.45, 2.75) is 46.1 Å². The summed E-state index contributed by atoms with van der Waals surface area (Å²) in [5, 5.41) is 0. The van der Waals surface area contributed by atoms with Crippen LogP contribution in [-0.2, 0) is 28.8 Å². The third kappa shape index (κ3) is 14.2. The van der Waals surface area contributed by atoms with E-state index in [1.54, 1.807) is 0 Å². The zero-order valence-corrected chi connectivity index (χ0v) is 22.4. The van der Waals surface area contributed by atoms with E-state index in [9.17, 15) is 4.79 Å². The summed E-state index contributed by atoms with van der Waals surface area (Å²) in [6.07, 6.45) is 6.62. The maximum atomic E-state index is 10.3. The van der Waals surface area contributed by atoms with Crippen molar-refractivity contribution >= 4 is 6.29 Å². The van der Waals surface area contributed by atoms with Crippen LogP contribution in [0.25, 0.3) is 0 Å². The zero-order valence-electron chi connectivity index (χ0n) is 22.4. The molecule has 2 nitrogen and oxygen atoms in total. The Hall–Kier alpha value is -3.23. The second-order valence-corrected chi connectivity index (χ2v) is 9.24. The predicted octanol–water partition coefficient (Wildman–Crippen LogP) is 8.18. The number of aldehydes is 1. The molecule has 0 bridgehead atoms. The number of rotatable bonds is 9. The van der Waals surface area contributed by atoms with E-state index in [0.717, 1.165) is 32.2 Å². The van der Waals surface area contributed by atoms with Gasteiger partial charge in [-0.05, 0) is 47.8 Å². The summed E-state index contributed by atoms with van der Waals surface area (Å²) in [4.78, 5) is 10.3. The monoisotopic (exact) mass is 484 g/mol. The molecule has 4 rings (SSSR count). The molecule has 1 aliphatic rings. The summed E-state index contributed by atoms with van der Waals surface area (Å²) in [7, 11) is 0. The standard InChI is InChI=1S/C11H14O.C11H14.C10H12O.C2H4/c1-9(11-8-12-11)7-10-5-3-2-4-6-10;1-3-10(2)9-11-7-5-4-6-8-11;1-9(8-11)7-10-5-3-2-4-6-10;1-2/h2-6,9,11H,7-8H2,1H3;3-8,10H,1,9H2,2H3;2-6,8-9H,7H2,1H3;1-2H2/t9-,11-;10-;9-;/m010./s1. The summed E-state index contributed by atoms with van der Waals surface area (Å²) in [5.41, 5.74) is 4.03. The minimum atomic E-state index is 0.136. The molecule has 1 fully saturated rings. The molecule has 1 saturated heterocycles. The van der Waals surface area contributed by atoms with Crippen molar-refractivity contribution in [3.63, 3.8) is 0 Å². The number of allylic oxidation sites excluding steroid dienone is 1. The third-order valence-electron chi connectivity index (χ3n) is 5.83. The Kier molecular flexibility index (Phi) is 16.3. The van der Waals surface area contributed by atoms with Crippen molar-refractivity contribution in [2.75, 3.05) is 6.61 Å². The van der Waals surface area contributed by atoms with E-state index < -0.39 is 0 Å². The highest BCUT2D eigenvalue weighted by molar-refractivity contribution is 5.53. The van der Waals surface area contributed by atoms with Crippen LogP contribution in [0.3, 0.4) is 0 Å². The molecule has 0 spiro atoms. The van der Waals surface area contributed by atoms with E-state index in [4.69, 9.17) is 4.74 Å². The lowest BCUT2D eigenvalue weighted by Gasteiger charge is -2.06. The van der Waals surface area contributed by atoms with Crippen molar-refractivity contribution in [1.29, 1.82) is 0 Å². The van der Waals surface area contributed by atoms with Crippen molar-refractivity contribution in [3.8, 4) is 0 Å². The van der Waals surface area contributed by atoms with Crippen LogP contribution in [0.15, 0.2) is 117 Å². The molecule has 0 aliphatic carbocycles. The van der Waals surface area contributed by atoms with E-state index in [0.29, 0.717) is 17.9 Å². The Morgan fingerprint density at radius 2 is 1.08 bits per heavy atom. The number of benzene rings is 3. The van der Waals surface area contributed by atoms with Gasteiger partial charge < -0.3 is 9.53 Å². The van der Waals surface area contributed by atoms with E-state index in [-0.39, 0.29) is 5.92 Å². The molecule has 3 aromatic carbocycles. The van der Waals surface area contributed by atoms with Crippen LogP contribution in [0, 0.1) is 17.8 Å². The Morgan fingerprint density at radius 3 is 1.42 bits per heavy atom. The predicted molar refractivity (Wildman–Crippen MR) is 155 cm³/mol. The molecule has 0 amide bonds. The number of ether oxygens (including phenoxy) is 1. The highest BCUT2D eigenvalue weighted by atomic mass is 16.6. The van der Waals surface area contributed by atoms with Gasteiger partial charge in [-0.3, -0.25) is 0 Å². The van der Waals surface area contributed by atoms with E-state index in [1.165, 1.54) is 16.7 Å². The second kappa shape index (κ2) is 19.0. The molecule has 2 heteroatoms. The van der Waals surface area contributed by atoms with Crippen LogP contribution < -0.4 is 0 Å². The quantitative estimate of drug-likeness (QED) is 0.174. The fourth-order valence-electron chi connectivity index (χ4n) is 3.60. The molecular formula is C34H44O2. The van der Waals surface area contributed by atoms with Gasteiger partial charge in [0.25, 0.3) is 0 Å². The first kappa shape index (κ1) is 30.8. The van der Waals surface area contributed by atoms with Gasteiger partial charge in [-0.15, -0.1) is 19.7 Å². The summed E-state index contributed by atoms with van der Waals surface area (Å²) in [6.45, 7) is 17.1. The second-order valence-electron chi connectivity index (χ2n) is 9.24. The summed E-state index contributed by atoms with van der Waals surface area (Å²) < 4.78 is 5.24. The van der Waals surface area contributed by atoms with Gasteiger partial charge in [-0.2, -0.15) is 0 Å². The fourth-order valence-corrected chi connectivity index (χ4v) is 3.60. The minimum absolute atomic E-state index is 0.136. The third-order valence-corrected chi connectivity index (χ3v) is 5.83. The maximum absolute atomic E-state index is 10.3. The Morgan fingerprint density at radius 1 is 0.722 bits per heavy atom. The molecule has 1 aliphatic heterocycles. The number of hydrogen-bond acceptors (Lipinski definition) is 2. The van der Waals surface area contributed by atoms with Crippen LogP contribution in [0.4, 0.5) is 0 Å². The van der Waals surface area contributed by atoms with Crippen molar-refractivity contribution in [1.82, 2.24) is 0 Å². The number of carbonyl (C=O) groups is 1. The summed E-state index contributed by atoms with van der Waals surface area (Å²) >= 11 is 0. The zero-order chi connectivity index (χ0) is 26.6. The molecule has 36 heavy (non-hydrogen) atoms. The van der Waals surface area contributed by atoms with E-state index in [2.05, 4.69) is 88.2 Å². The van der Waals surface area contributed by atoms with E-state index in [1.807, 2.05) is 49.4 Å². The highest BCUT2D eigenvalue weighted by Gasteiger charge is 2.28. The average Bonchev–Trinajstić information content (AvgIpc) is 3.78. The maximum Gasteiger partial charge on any atom is 0.123 e. The van der Waals surface area contributed by atoms with Crippen LogP contribution in [-0.4, -0.2) is 19.0 Å². The van der Waals surface area contributed by atoms with Crippen LogP contribution in [0.2, 0.25) is 0 Å². The summed E-state index contributed by atoms with van der Waals surface area (Å²) in [5.74, 6) is 1.39. The van der Waals surface area contributed by atoms with Gasteiger partial charge in [0, 0.05) is 5.92 Å². The van der Waals surface area contributed by atoms with Crippen molar-refractivity contribution < 1.29 is 9.53 Å². The first-order valence-electron chi connectivity index (χ1n) is 12.8. The summed E-state index contributed by atoms with van der Waals surface area (Å²) in [6, 6.07) is 31.2. The molecular weight excluding hydrogens is 440 g/mol. The Balaban J connectivity index is 0.000000261. The van der Waals surface area contributed by atoms with Crippen LogP contribution in [0.1, 0.15) is 37.5 Å². The lowest BCUT2D eigenvalue weighted by Crippen LogP contribution is -2.06. The molecule has 4 atom stereocenters. The van der Waals surface area contributed by atoms with Gasteiger partial charge in [-0.1, -0.05) is 118 Å². The lowest BCUT2D eigenvalue weighted by molar-refractivity contribution is -0.110. The SMILES string of the molecule is C=C.C=C[C@@H](C)Cc1ccccc1.C[C@@H](Cc1ccccc1)[C@@H]1CO1.C[C@H](C=O)Cc1ccccc1. The Bertz CT molecular complexity index is 881. The van der Waals surface area contributed by atoms with Crippen LogP contribution in [0.5, 0.6) is 0 Å². The van der Waals surface area contributed by atoms with Gasteiger partial charge >= 0.3 is 0 Å². The van der Waals surface area contributed by atoms with Gasteiger partial charge in [0.15, 0.2) is 0 Å². The smallest absolute Gasteiger partial charge is 0.123 e. The van der Waals surface area contributed by atoms with Gasteiger partial charge in [0.2, 0.25) is 0 Å². The fraction of sp³-hybridized carbons (Fsp3) is 0.324. The molecule has 1 heterocycles. The van der Waals surface area contributed by atoms with Crippen LogP contribution >= 0.6 is 0 Å². The molecule has 0 aromatic heterocycles. The van der Waals surface area contributed by atoms with Gasteiger partial charge in [-0.25, -0.2) is 0 Å². The van der Waals surface area contributed by atoms with Crippen molar-refractivity contribution in [2.24, 2.45) is 17.8 Å². The topological polar surface area (TPSA) is 29.6 Å². The number of hydrogen-bond donors (Lipinski definition) is 0. The average molecular weight is 485 g/mol. The molecule has 0 saturated carbocycles. The molecule has 0 N–H and O–H groups in total. The molecule has 0 unspecified atom stereocenters. The number of carbonyl (C=O) groups excluding carboxylic acids is 1. The largest absolute Gasteiger partial charge is 0.373 e. The first-order valence-corrected chi connectivity index (χ1v) is 12.8. The molecule has 3 aromatic rings. The highest BCUT2D eigenvalue weighted by Crippen LogP contribution is 2.23. The van der Waals surface area contributed by atoms with Crippen molar-refractivity contribution in [3.05, 3.63) is 133 Å². The first-order chi connectivity index (χ1) is 17.5.